The van der Waals surface area contributed by atoms with E-state index >= 15 is 0 Å². The van der Waals surface area contributed by atoms with E-state index in [1.54, 1.807) is 25.6 Å². The lowest BCUT2D eigenvalue weighted by atomic mass is 9.99. The topological polar surface area (TPSA) is 50.8 Å². The number of benzene rings is 2. The van der Waals surface area contributed by atoms with Gasteiger partial charge < -0.3 is 14.8 Å². The van der Waals surface area contributed by atoms with E-state index in [2.05, 4.69) is 34.5 Å². The van der Waals surface area contributed by atoms with Gasteiger partial charge in [-0.2, -0.15) is 0 Å². The molecule has 1 aliphatic heterocycles. The van der Waals surface area contributed by atoms with Crippen molar-refractivity contribution in [2.24, 2.45) is 0 Å². The van der Waals surface area contributed by atoms with Crippen LogP contribution in [0.3, 0.4) is 0 Å². The van der Waals surface area contributed by atoms with Gasteiger partial charge in [0.1, 0.15) is 0 Å². The van der Waals surface area contributed by atoms with Crippen molar-refractivity contribution < 1.29 is 14.3 Å². The van der Waals surface area contributed by atoms with Crippen molar-refractivity contribution in [3.63, 3.8) is 0 Å². The highest BCUT2D eigenvalue weighted by Gasteiger charge is 2.20. The number of rotatable bonds is 6. The van der Waals surface area contributed by atoms with Crippen molar-refractivity contribution in [3.05, 3.63) is 58.0 Å². The molecule has 152 valence electrons. The molecule has 0 spiro atoms. The Morgan fingerprint density at radius 1 is 1.14 bits per heavy atom. The molecule has 4 rings (SSSR count). The van der Waals surface area contributed by atoms with Crippen LogP contribution in [-0.2, 0) is 13.0 Å². The molecule has 1 N–H and O–H groups in total. The van der Waals surface area contributed by atoms with Crippen molar-refractivity contribution in [1.29, 1.82) is 0 Å². The lowest BCUT2D eigenvalue weighted by Crippen LogP contribution is -2.37. The van der Waals surface area contributed by atoms with Crippen LogP contribution in [0.1, 0.15) is 26.4 Å². The molecule has 2 heterocycles. The van der Waals surface area contributed by atoms with Crippen LogP contribution in [0.4, 0.5) is 0 Å². The maximum absolute atomic E-state index is 12.7. The van der Waals surface area contributed by atoms with E-state index in [0.717, 1.165) is 52.7 Å². The number of ether oxygens (including phenoxy) is 2. The summed E-state index contributed by atoms with van der Waals surface area (Å²) in [4.78, 5) is 15.9. The lowest BCUT2D eigenvalue weighted by Gasteiger charge is -2.29. The van der Waals surface area contributed by atoms with Crippen molar-refractivity contribution in [2.45, 2.75) is 19.9 Å². The minimum Gasteiger partial charge on any atom is -0.493 e. The van der Waals surface area contributed by atoms with Crippen LogP contribution in [-0.4, -0.2) is 44.7 Å². The van der Waals surface area contributed by atoms with Gasteiger partial charge in [0.05, 0.1) is 19.1 Å². The van der Waals surface area contributed by atoms with Gasteiger partial charge in [0.2, 0.25) is 0 Å². The molecule has 0 bridgehead atoms. The number of methoxy groups -OCH3 is 2. The molecule has 1 aliphatic rings. The number of nitrogens with one attached hydrogen (secondary N) is 1. The number of thiophene rings is 1. The molecule has 0 saturated heterocycles. The molecular weight excluding hydrogens is 384 g/mol. The van der Waals surface area contributed by atoms with E-state index in [0.29, 0.717) is 6.54 Å². The van der Waals surface area contributed by atoms with Gasteiger partial charge in [-0.25, -0.2) is 0 Å². The first-order valence-electron chi connectivity index (χ1n) is 9.83. The first-order chi connectivity index (χ1) is 14.1. The SMILES string of the molecule is COc1cc2c(cc1OC)CN(CCNC(=O)c1sc3ccccc3c1C)CC2. The Bertz CT molecular complexity index is 1040. The molecule has 0 unspecified atom stereocenters. The summed E-state index contributed by atoms with van der Waals surface area (Å²) in [5, 5.41) is 4.26. The monoisotopic (exact) mass is 410 g/mol. The van der Waals surface area contributed by atoms with E-state index in [1.807, 2.05) is 19.1 Å². The Hall–Kier alpha value is -2.57. The Balaban J connectivity index is 1.36. The minimum absolute atomic E-state index is 0.0208. The Morgan fingerprint density at radius 3 is 2.59 bits per heavy atom. The second kappa shape index (κ2) is 8.43. The predicted octanol–water partition coefficient (Wildman–Crippen LogP) is 4.02. The van der Waals surface area contributed by atoms with Gasteiger partial charge in [0.25, 0.3) is 5.91 Å². The number of fused-ring (bicyclic) bond motifs is 2. The second-order valence-corrected chi connectivity index (χ2v) is 8.36. The van der Waals surface area contributed by atoms with Crippen LogP contribution in [0.2, 0.25) is 0 Å². The summed E-state index contributed by atoms with van der Waals surface area (Å²) < 4.78 is 12.0. The molecule has 1 aromatic heterocycles. The van der Waals surface area contributed by atoms with E-state index in [-0.39, 0.29) is 5.91 Å². The van der Waals surface area contributed by atoms with E-state index in [9.17, 15) is 4.79 Å². The number of amides is 1. The second-order valence-electron chi connectivity index (χ2n) is 7.31. The van der Waals surface area contributed by atoms with Crippen molar-refractivity contribution in [1.82, 2.24) is 10.2 Å². The molecule has 0 saturated carbocycles. The summed E-state index contributed by atoms with van der Waals surface area (Å²) in [5.74, 6) is 1.57. The van der Waals surface area contributed by atoms with Gasteiger partial charge >= 0.3 is 0 Å². The zero-order valence-corrected chi connectivity index (χ0v) is 17.9. The van der Waals surface area contributed by atoms with E-state index in [4.69, 9.17) is 9.47 Å². The van der Waals surface area contributed by atoms with Crippen LogP contribution in [0.25, 0.3) is 10.1 Å². The van der Waals surface area contributed by atoms with Crippen LogP contribution >= 0.6 is 11.3 Å². The highest BCUT2D eigenvalue weighted by Crippen LogP contribution is 2.33. The van der Waals surface area contributed by atoms with Crippen molar-refractivity contribution in [2.75, 3.05) is 33.9 Å². The number of carbonyl (C=O) groups excluding carboxylic acids is 1. The maximum Gasteiger partial charge on any atom is 0.261 e. The third kappa shape index (κ3) is 3.95. The molecule has 0 fully saturated rings. The normalized spacial score (nSPS) is 13.9. The number of aryl methyl sites for hydroxylation is 1. The average molecular weight is 411 g/mol. The minimum atomic E-state index is 0.0208. The maximum atomic E-state index is 12.7. The zero-order chi connectivity index (χ0) is 20.4. The highest BCUT2D eigenvalue weighted by atomic mass is 32.1. The van der Waals surface area contributed by atoms with Gasteiger partial charge in [-0.05, 0) is 53.6 Å². The summed E-state index contributed by atoms with van der Waals surface area (Å²) in [6.45, 7) is 5.31. The summed E-state index contributed by atoms with van der Waals surface area (Å²) in [6, 6.07) is 12.3. The fraction of sp³-hybridized carbons (Fsp3) is 0.348. The lowest BCUT2D eigenvalue weighted by molar-refractivity contribution is 0.0951. The van der Waals surface area contributed by atoms with Crippen LogP contribution in [0, 0.1) is 6.92 Å². The van der Waals surface area contributed by atoms with Gasteiger partial charge in [-0.15, -0.1) is 11.3 Å². The van der Waals surface area contributed by atoms with Crippen LogP contribution in [0.15, 0.2) is 36.4 Å². The van der Waals surface area contributed by atoms with Crippen molar-refractivity contribution in [3.8, 4) is 11.5 Å². The third-order valence-corrected chi connectivity index (χ3v) is 6.83. The fourth-order valence-electron chi connectivity index (χ4n) is 3.93. The van der Waals surface area contributed by atoms with E-state index < -0.39 is 0 Å². The molecule has 1 amide bonds. The Kier molecular flexibility index (Phi) is 5.74. The molecule has 0 radical (unpaired) electrons. The number of carbonyl (C=O) groups is 1. The molecule has 6 heteroatoms. The molecule has 29 heavy (non-hydrogen) atoms. The largest absolute Gasteiger partial charge is 0.493 e. The summed E-state index contributed by atoms with van der Waals surface area (Å²) in [5.41, 5.74) is 3.64. The number of nitrogens with zero attached hydrogens (tertiary/aromatic N) is 1. The molecule has 3 aromatic rings. The molecular formula is C23H26N2O3S. The average Bonchev–Trinajstić information content (AvgIpc) is 3.09. The van der Waals surface area contributed by atoms with Crippen molar-refractivity contribution >= 4 is 27.3 Å². The smallest absolute Gasteiger partial charge is 0.261 e. The third-order valence-electron chi connectivity index (χ3n) is 5.56. The molecule has 0 aliphatic carbocycles. The summed E-state index contributed by atoms with van der Waals surface area (Å²) >= 11 is 1.56. The zero-order valence-electron chi connectivity index (χ0n) is 17.1. The summed E-state index contributed by atoms with van der Waals surface area (Å²) in [7, 11) is 3.33. The molecule has 0 atom stereocenters. The first kappa shape index (κ1) is 19.7. The van der Waals surface area contributed by atoms with Gasteiger partial charge in [0.15, 0.2) is 11.5 Å². The quantitative estimate of drug-likeness (QED) is 0.667. The standard InChI is InChI=1S/C23H26N2O3S/c1-15-18-6-4-5-7-21(18)29-22(15)23(26)24-9-11-25-10-8-16-12-19(27-2)20(28-3)13-17(16)14-25/h4-7,12-13H,8-11,14H2,1-3H3,(H,24,26). The number of hydrogen-bond acceptors (Lipinski definition) is 5. The predicted molar refractivity (Wildman–Crippen MR) is 117 cm³/mol. The summed E-state index contributed by atoms with van der Waals surface area (Å²) in [6.07, 6.45) is 0.971. The first-order valence-corrected chi connectivity index (χ1v) is 10.6. The molecule has 2 aromatic carbocycles. The molecule has 5 nitrogen and oxygen atoms in total. The Morgan fingerprint density at radius 2 is 1.86 bits per heavy atom. The highest BCUT2D eigenvalue weighted by molar-refractivity contribution is 7.21. The van der Waals surface area contributed by atoms with Gasteiger partial charge in [-0.1, -0.05) is 18.2 Å². The van der Waals surface area contributed by atoms with Gasteiger partial charge in [-0.3, -0.25) is 9.69 Å². The fourth-order valence-corrected chi connectivity index (χ4v) is 5.06. The van der Waals surface area contributed by atoms with Gasteiger partial charge in [0, 0.05) is 30.9 Å². The number of hydrogen-bond donors (Lipinski definition) is 1. The van der Waals surface area contributed by atoms with E-state index in [1.165, 1.54) is 16.5 Å². The van der Waals surface area contributed by atoms with Crippen LogP contribution < -0.4 is 14.8 Å². The Labute approximate surface area is 175 Å². The van der Waals surface area contributed by atoms with Crippen LogP contribution in [0.5, 0.6) is 11.5 Å².